The molecule has 18 heavy (non-hydrogen) atoms. The zero-order chi connectivity index (χ0) is 12.3. The summed E-state index contributed by atoms with van der Waals surface area (Å²) in [6, 6.07) is 1.88. The Bertz CT molecular complexity index is 354. The third-order valence-electron chi connectivity index (χ3n) is 5.73. The van der Waals surface area contributed by atoms with Crippen LogP contribution in [0.3, 0.4) is 0 Å². The standard InChI is InChI=1S/C15H24N2O/c1-17(12-6-10-4-5-11(7-12)16-10)15(18)14-8-13(14)9-2-3-9/h9-14,16H,2-8H2,1H3/t10-,11+,12?,13-,14-/m0/s1. The van der Waals surface area contributed by atoms with E-state index in [0.29, 0.717) is 30.0 Å². The van der Waals surface area contributed by atoms with Gasteiger partial charge in [-0.05, 0) is 56.8 Å². The highest BCUT2D eigenvalue weighted by Crippen LogP contribution is 2.55. The van der Waals surface area contributed by atoms with Gasteiger partial charge in [0.05, 0.1) is 0 Å². The van der Waals surface area contributed by atoms with Crippen LogP contribution in [0, 0.1) is 17.8 Å². The molecule has 0 aromatic heterocycles. The molecule has 1 N–H and O–H groups in total. The van der Waals surface area contributed by atoms with E-state index in [1.807, 2.05) is 0 Å². The summed E-state index contributed by atoms with van der Waals surface area (Å²) >= 11 is 0. The Morgan fingerprint density at radius 1 is 1.06 bits per heavy atom. The highest BCUT2D eigenvalue weighted by Gasteiger charge is 2.52. The molecular formula is C15H24N2O. The van der Waals surface area contributed by atoms with Gasteiger partial charge in [0.25, 0.3) is 0 Å². The summed E-state index contributed by atoms with van der Waals surface area (Å²) in [6.45, 7) is 0. The van der Waals surface area contributed by atoms with Crippen LogP contribution in [0.15, 0.2) is 0 Å². The number of hydrogen-bond acceptors (Lipinski definition) is 2. The summed E-state index contributed by atoms with van der Waals surface area (Å²) in [4.78, 5) is 14.6. The first-order valence-electron chi connectivity index (χ1n) is 7.75. The molecule has 100 valence electrons. The predicted octanol–water partition coefficient (Wildman–Crippen LogP) is 1.77. The monoisotopic (exact) mass is 248 g/mol. The van der Waals surface area contributed by atoms with Gasteiger partial charge in [0.2, 0.25) is 5.91 Å². The van der Waals surface area contributed by atoms with E-state index in [1.165, 1.54) is 44.9 Å². The number of nitrogens with zero attached hydrogens (tertiary/aromatic N) is 1. The second-order valence-electron chi connectivity index (χ2n) is 7.06. The predicted molar refractivity (Wildman–Crippen MR) is 70.1 cm³/mol. The zero-order valence-electron chi connectivity index (χ0n) is 11.3. The second kappa shape index (κ2) is 3.96. The number of nitrogens with one attached hydrogen (secondary N) is 1. The fourth-order valence-corrected chi connectivity index (χ4v) is 4.33. The molecule has 0 aromatic rings. The molecule has 2 heterocycles. The third-order valence-corrected chi connectivity index (χ3v) is 5.73. The lowest BCUT2D eigenvalue weighted by molar-refractivity contribution is -0.134. The first kappa shape index (κ1) is 11.3. The molecule has 3 nitrogen and oxygen atoms in total. The summed E-state index contributed by atoms with van der Waals surface area (Å²) in [5.74, 6) is 2.53. The van der Waals surface area contributed by atoms with Crippen LogP contribution in [0.4, 0.5) is 0 Å². The van der Waals surface area contributed by atoms with Crippen LogP contribution in [-0.4, -0.2) is 36.0 Å². The maximum absolute atomic E-state index is 12.5. The van der Waals surface area contributed by atoms with E-state index in [2.05, 4.69) is 17.3 Å². The van der Waals surface area contributed by atoms with E-state index >= 15 is 0 Å². The van der Waals surface area contributed by atoms with Crippen molar-refractivity contribution in [1.29, 1.82) is 0 Å². The lowest BCUT2D eigenvalue weighted by Crippen LogP contribution is -2.49. The number of rotatable bonds is 3. The molecule has 3 heteroatoms. The molecule has 5 atom stereocenters. The first-order valence-corrected chi connectivity index (χ1v) is 7.75. The third kappa shape index (κ3) is 1.87. The minimum atomic E-state index is 0.398. The van der Waals surface area contributed by atoms with E-state index in [1.54, 1.807) is 0 Å². The molecular weight excluding hydrogens is 224 g/mol. The van der Waals surface area contributed by atoms with E-state index in [-0.39, 0.29) is 0 Å². The molecule has 1 unspecified atom stereocenters. The normalized spacial score (nSPS) is 45.9. The summed E-state index contributed by atoms with van der Waals surface area (Å²) in [6.07, 6.45) is 8.95. The van der Waals surface area contributed by atoms with Gasteiger partial charge in [-0.3, -0.25) is 4.79 Å². The minimum absolute atomic E-state index is 0.398. The van der Waals surface area contributed by atoms with Crippen molar-refractivity contribution in [2.24, 2.45) is 17.8 Å². The number of fused-ring (bicyclic) bond motifs is 2. The Morgan fingerprint density at radius 2 is 1.72 bits per heavy atom. The van der Waals surface area contributed by atoms with Crippen molar-refractivity contribution in [3.8, 4) is 0 Å². The summed E-state index contributed by atoms with van der Waals surface area (Å²) in [7, 11) is 2.06. The van der Waals surface area contributed by atoms with Crippen molar-refractivity contribution in [1.82, 2.24) is 10.2 Å². The van der Waals surface area contributed by atoms with Crippen LogP contribution in [0.1, 0.15) is 44.9 Å². The Balaban J connectivity index is 1.37. The first-order chi connectivity index (χ1) is 8.72. The van der Waals surface area contributed by atoms with Crippen molar-refractivity contribution in [3.05, 3.63) is 0 Å². The molecule has 2 saturated carbocycles. The summed E-state index contributed by atoms with van der Waals surface area (Å²) in [5, 5.41) is 3.66. The van der Waals surface area contributed by atoms with Crippen LogP contribution >= 0.6 is 0 Å². The van der Waals surface area contributed by atoms with Crippen molar-refractivity contribution >= 4 is 5.91 Å². The van der Waals surface area contributed by atoms with Crippen LogP contribution in [0.5, 0.6) is 0 Å². The smallest absolute Gasteiger partial charge is 0.225 e. The molecule has 2 aliphatic heterocycles. The highest BCUT2D eigenvalue weighted by atomic mass is 16.2. The number of hydrogen-bond donors (Lipinski definition) is 1. The van der Waals surface area contributed by atoms with Crippen molar-refractivity contribution in [2.75, 3.05) is 7.05 Å². The van der Waals surface area contributed by atoms with Crippen LogP contribution in [0.2, 0.25) is 0 Å². The van der Waals surface area contributed by atoms with E-state index < -0.39 is 0 Å². The maximum Gasteiger partial charge on any atom is 0.225 e. The van der Waals surface area contributed by atoms with Crippen LogP contribution in [0.25, 0.3) is 0 Å². The van der Waals surface area contributed by atoms with Gasteiger partial charge in [-0.1, -0.05) is 0 Å². The average molecular weight is 248 g/mol. The Kier molecular flexibility index (Phi) is 2.48. The van der Waals surface area contributed by atoms with Crippen molar-refractivity contribution in [2.45, 2.75) is 63.1 Å². The molecule has 4 rings (SSSR count). The lowest BCUT2D eigenvalue weighted by atomic mass is 9.98. The molecule has 2 aliphatic carbocycles. The summed E-state index contributed by atoms with van der Waals surface area (Å²) < 4.78 is 0. The maximum atomic E-state index is 12.5. The van der Waals surface area contributed by atoms with Gasteiger partial charge in [-0.2, -0.15) is 0 Å². The number of piperidine rings is 1. The SMILES string of the molecule is CN(C(=O)[C@H]1C[C@H]1C1CC1)C1C[C@H]2CC[C@@H](C1)N2. The molecule has 4 fully saturated rings. The van der Waals surface area contributed by atoms with Crippen molar-refractivity contribution < 1.29 is 4.79 Å². The fraction of sp³-hybridized carbons (Fsp3) is 0.933. The van der Waals surface area contributed by atoms with Gasteiger partial charge in [-0.15, -0.1) is 0 Å². The van der Waals surface area contributed by atoms with Gasteiger partial charge in [-0.25, -0.2) is 0 Å². The Labute approximate surface area is 109 Å². The molecule has 0 aromatic carbocycles. The Hall–Kier alpha value is -0.570. The number of carbonyl (C=O) groups is 1. The van der Waals surface area contributed by atoms with E-state index in [9.17, 15) is 4.79 Å². The molecule has 0 spiro atoms. The number of amides is 1. The topological polar surface area (TPSA) is 32.3 Å². The van der Waals surface area contributed by atoms with E-state index in [4.69, 9.17) is 0 Å². The van der Waals surface area contributed by atoms with E-state index in [0.717, 1.165) is 11.8 Å². The van der Waals surface area contributed by atoms with Gasteiger partial charge in [0, 0.05) is 31.1 Å². The minimum Gasteiger partial charge on any atom is -0.342 e. The van der Waals surface area contributed by atoms with Gasteiger partial charge in [0.1, 0.15) is 0 Å². The van der Waals surface area contributed by atoms with Crippen LogP contribution < -0.4 is 5.32 Å². The fourth-order valence-electron chi connectivity index (χ4n) is 4.33. The summed E-state index contributed by atoms with van der Waals surface area (Å²) in [5.41, 5.74) is 0. The van der Waals surface area contributed by atoms with Crippen LogP contribution in [-0.2, 0) is 4.79 Å². The molecule has 1 amide bonds. The molecule has 0 radical (unpaired) electrons. The molecule has 4 aliphatic rings. The highest BCUT2D eigenvalue weighted by molar-refractivity contribution is 5.82. The lowest BCUT2D eigenvalue weighted by Gasteiger charge is -2.35. The second-order valence-corrected chi connectivity index (χ2v) is 7.06. The Morgan fingerprint density at radius 3 is 2.33 bits per heavy atom. The van der Waals surface area contributed by atoms with Gasteiger partial charge < -0.3 is 10.2 Å². The van der Waals surface area contributed by atoms with Gasteiger partial charge >= 0.3 is 0 Å². The average Bonchev–Trinajstić information content (AvgIpc) is 3.25. The zero-order valence-corrected chi connectivity index (χ0v) is 11.3. The molecule has 2 bridgehead atoms. The quantitative estimate of drug-likeness (QED) is 0.825. The largest absolute Gasteiger partial charge is 0.342 e. The van der Waals surface area contributed by atoms with Gasteiger partial charge in [0.15, 0.2) is 0 Å². The molecule has 2 saturated heterocycles. The van der Waals surface area contributed by atoms with Crippen molar-refractivity contribution in [3.63, 3.8) is 0 Å². The number of carbonyl (C=O) groups excluding carboxylic acids is 1.